The standard InChI is InChI=1S/C16H20N4O3/c17-13(21)6-7-14(22)18-15-12-5-2-1-4-11(12)10-19-8-3-9-20(19)16(15)23/h1-2,4-5,15H,3,6-10H2,(H2,17,21)(H,18,22)/t15-/m0/s1. The van der Waals surface area contributed by atoms with Crippen molar-refractivity contribution >= 4 is 17.7 Å². The minimum absolute atomic E-state index is 0.00893. The maximum absolute atomic E-state index is 12.8. The van der Waals surface area contributed by atoms with Gasteiger partial charge in [-0.25, -0.2) is 5.01 Å². The van der Waals surface area contributed by atoms with Crippen molar-refractivity contribution in [2.75, 3.05) is 13.1 Å². The molecule has 0 unspecified atom stereocenters. The van der Waals surface area contributed by atoms with Gasteiger partial charge < -0.3 is 11.1 Å². The molecule has 122 valence electrons. The summed E-state index contributed by atoms with van der Waals surface area (Å²) in [6.07, 6.45) is 0.894. The molecule has 23 heavy (non-hydrogen) atoms. The highest BCUT2D eigenvalue weighted by Gasteiger charge is 2.37. The number of rotatable bonds is 4. The molecule has 2 heterocycles. The molecule has 0 radical (unpaired) electrons. The van der Waals surface area contributed by atoms with Crippen LogP contribution in [0.5, 0.6) is 0 Å². The lowest BCUT2D eigenvalue weighted by Crippen LogP contribution is -2.45. The van der Waals surface area contributed by atoms with Crippen LogP contribution in [0, 0.1) is 0 Å². The topological polar surface area (TPSA) is 95.7 Å². The Balaban J connectivity index is 1.85. The molecule has 2 aliphatic heterocycles. The number of hydrazine groups is 1. The van der Waals surface area contributed by atoms with Gasteiger partial charge in [0.05, 0.1) is 0 Å². The zero-order valence-electron chi connectivity index (χ0n) is 12.8. The number of fused-ring (bicyclic) bond motifs is 2. The van der Waals surface area contributed by atoms with E-state index in [2.05, 4.69) is 5.32 Å². The van der Waals surface area contributed by atoms with Crippen LogP contribution in [0.2, 0.25) is 0 Å². The van der Waals surface area contributed by atoms with Crippen LogP contribution in [0.4, 0.5) is 0 Å². The Labute approximate surface area is 134 Å². The van der Waals surface area contributed by atoms with Crippen LogP contribution < -0.4 is 11.1 Å². The van der Waals surface area contributed by atoms with Crippen molar-refractivity contribution < 1.29 is 14.4 Å². The molecule has 0 saturated carbocycles. The highest BCUT2D eigenvalue weighted by atomic mass is 16.2. The molecule has 1 aromatic rings. The maximum atomic E-state index is 12.8. The van der Waals surface area contributed by atoms with Crippen molar-refractivity contribution in [2.45, 2.75) is 31.8 Å². The summed E-state index contributed by atoms with van der Waals surface area (Å²) >= 11 is 0. The van der Waals surface area contributed by atoms with E-state index in [0.29, 0.717) is 13.1 Å². The first kappa shape index (κ1) is 15.5. The van der Waals surface area contributed by atoms with E-state index < -0.39 is 11.9 Å². The lowest BCUT2D eigenvalue weighted by atomic mass is 9.99. The molecule has 1 aromatic carbocycles. The third-order valence-corrected chi connectivity index (χ3v) is 4.25. The Morgan fingerprint density at radius 1 is 1.22 bits per heavy atom. The minimum Gasteiger partial charge on any atom is -0.370 e. The highest BCUT2D eigenvalue weighted by molar-refractivity contribution is 5.90. The van der Waals surface area contributed by atoms with Gasteiger partial charge in [0.15, 0.2) is 0 Å². The fourth-order valence-electron chi connectivity index (χ4n) is 3.13. The van der Waals surface area contributed by atoms with Crippen LogP contribution in [0.3, 0.4) is 0 Å². The average Bonchev–Trinajstić information content (AvgIpc) is 2.95. The molecule has 0 spiro atoms. The van der Waals surface area contributed by atoms with E-state index in [-0.39, 0.29) is 24.7 Å². The summed E-state index contributed by atoms with van der Waals surface area (Å²) in [6.45, 7) is 2.17. The molecule has 7 heteroatoms. The van der Waals surface area contributed by atoms with Crippen LogP contribution >= 0.6 is 0 Å². The van der Waals surface area contributed by atoms with Gasteiger partial charge in [-0.3, -0.25) is 19.4 Å². The van der Waals surface area contributed by atoms with Crippen molar-refractivity contribution in [3.63, 3.8) is 0 Å². The van der Waals surface area contributed by atoms with Crippen molar-refractivity contribution in [3.8, 4) is 0 Å². The Hall–Kier alpha value is -2.41. The molecule has 3 rings (SSSR count). The first-order chi connectivity index (χ1) is 11.1. The zero-order chi connectivity index (χ0) is 16.4. The van der Waals surface area contributed by atoms with Gasteiger partial charge in [-0.1, -0.05) is 24.3 Å². The maximum Gasteiger partial charge on any atom is 0.264 e. The fourth-order valence-corrected chi connectivity index (χ4v) is 3.13. The quantitative estimate of drug-likeness (QED) is 0.822. The summed E-state index contributed by atoms with van der Waals surface area (Å²) in [5.41, 5.74) is 6.92. The number of carbonyl (C=O) groups is 3. The van der Waals surface area contributed by atoms with E-state index in [9.17, 15) is 14.4 Å². The van der Waals surface area contributed by atoms with Gasteiger partial charge in [-0.15, -0.1) is 0 Å². The van der Waals surface area contributed by atoms with Gasteiger partial charge in [-0.05, 0) is 17.5 Å². The molecule has 7 nitrogen and oxygen atoms in total. The molecular weight excluding hydrogens is 296 g/mol. The number of primary amides is 1. The smallest absolute Gasteiger partial charge is 0.264 e. The van der Waals surface area contributed by atoms with Crippen LogP contribution in [0.25, 0.3) is 0 Å². The molecule has 0 bridgehead atoms. The summed E-state index contributed by atoms with van der Waals surface area (Å²) in [7, 11) is 0. The summed E-state index contributed by atoms with van der Waals surface area (Å²) in [5, 5.41) is 6.51. The van der Waals surface area contributed by atoms with Gasteiger partial charge in [0.2, 0.25) is 11.8 Å². The molecule has 1 fully saturated rings. The lowest BCUT2D eigenvalue weighted by molar-refractivity contribution is -0.147. The molecule has 1 saturated heterocycles. The second-order valence-electron chi connectivity index (χ2n) is 5.87. The van der Waals surface area contributed by atoms with Crippen LogP contribution in [-0.4, -0.2) is 40.8 Å². The number of hydrogen-bond donors (Lipinski definition) is 2. The van der Waals surface area contributed by atoms with E-state index in [1.165, 1.54) is 0 Å². The van der Waals surface area contributed by atoms with Crippen LogP contribution in [0.1, 0.15) is 36.4 Å². The van der Waals surface area contributed by atoms with Crippen LogP contribution in [0.15, 0.2) is 24.3 Å². The summed E-state index contributed by atoms with van der Waals surface area (Å²) in [6, 6.07) is 6.93. The van der Waals surface area contributed by atoms with E-state index >= 15 is 0 Å². The number of nitrogens with zero attached hydrogens (tertiary/aromatic N) is 2. The van der Waals surface area contributed by atoms with Crippen molar-refractivity contribution in [3.05, 3.63) is 35.4 Å². The summed E-state index contributed by atoms with van der Waals surface area (Å²) < 4.78 is 0. The Kier molecular flexibility index (Phi) is 4.29. The summed E-state index contributed by atoms with van der Waals surface area (Å²) in [4.78, 5) is 35.7. The van der Waals surface area contributed by atoms with Gasteiger partial charge in [0, 0.05) is 32.5 Å². The van der Waals surface area contributed by atoms with Crippen molar-refractivity contribution in [2.24, 2.45) is 5.73 Å². The third kappa shape index (κ3) is 3.19. The Morgan fingerprint density at radius 3 is 2.78 bits per heavy atom. The van der Waals surface area contributed by atoms with E-state index in [0.717, 1.165) is 24.1 Å². The zero-order valence-corrected chi connectivity index (χ0v) is 12.8. The van der Waals surface area contributed by atoms with Gasteiger partial charge in [0.1, 0.15) is 6.04 Å². The molecule has 2 aliphatic rings. The van der Waals surface area contributed by atoms with Gasteiger partial charge in [0.25, 0.3) is 5.91 Å². The van der Waals surface area contributed by atoms with Gasteiger partial charge >= 0.3 is 0 Å². The molecule has 0 aromatic heterocycles. The largest absolute Gasteiger partial charge is 0.370 e. The predicted octanol–water partition coefficient (Wildman–Crippen LogP) is 0.0723. The van der Waals surface area contributed by atoms with E-state index in [4.69, 9.17) is 5.73 Å². The number of nitrogens with one attached hydrogen (secondary N) is 1. The number of nitrogens with two attached hydrogens (primary N) is 1. The SMILES string of the molecule is NC(=O)CCC(=O)N[C@@H]1C(=O)N2CCCN2Cc2ccccc21. The minimum atomic E-state index is -0.713. The normalized spacial score (nSPS) is 20.6. The lowest BCUT2D eigenvalue weighted by Gasteiger charge is -2.27. The Bertz CT molecular complexity index is 646. The molecule has 0 aliphatic carbocycles. The number of hydrogen-bond acceptors (Lipinski definition) is 4. The predicted molar refractivity (Wildman–Crippen MR) is 82.5 cm³/mol. The van der Waals surface area contributed by atoms with Crippen molar-refractivity contribution in [1.82, 2.24) is 15.3 Å². The van der Waals surface area contributed by atoms with Crippen LogP contribution in [-0.2, 0) is 20.9 Å². The molecule has 3 N–H and O–H groups in total. The molecule has 3 amide bonds. The first-order valence-corrected chi connectivity index (χ1v) is 7.78. The van der Waals surface area contributed by atoms with Crippen molar-refractivity contribution in [1.29, 1.82) is 0 Å². The third-order valence-electron chi connectivity index (χ3n) is 4.25. The average molecular weight is 316 g/mol. The monoisotopic (exact) mass is 316 g/mol. The molecule has 1 atom stereocenters. The van der Waals surface area contributed by atoms with E-state index in [1.807, 2.05) is 29.3 Å². The first-order valence-electron chi connectivity index (χ1n) is 7.78. The second kappa shape index (κ2) is 6.37. The number of benzene rings is 1. The second-order valence-corrected chi connectivity index (χ2v) is 5.87. The van der Waals surface area contributed by atoms with E-state index in [1.54, 1.807) is 5.01 Å². The van der Waals surface area contributed by atoms with Gasteiger partial charge in [-0.2, -0.15) is 0 Å². The molecular formula is C16H20N4O3. The number of carbonyl (C=O) groups excluding carboxylic acids is 3. The number of amides is 3. The fraction of sp³-hybridized carbons (Fsp3) is 0.438. The highest BCUT2D eigenvalue weighted by Crippen LogP contribution is 2.29. The summed E-state index contributed by atoms with van der Waals surface area (Å²) in [5.74, 6) is -0.997. The Morgan fingerprint density at radius 2 is 2.00 bits per heavy atom.